The molecular formula is C36H38F3N3. The normalized spacial score (nSPS) is 15.1. The Hall–Kier alpha value is -4.03. The van der Waals surface area contributed by atoms with Gasteiger partial charge in [-0.05, 0) is 103 Å². The highest BCUT2D eigenvalue weighted by atomic mass is 19.4. The maximum Gasteiger partial charge on any atom is 0.416 e. The Morgan fingerprint density at radius 2 is 1.55 bits per heavy atom. The van der Waals surface area contributed by atoms with E-state index in [1.807, 2.05) is 24.3 Å². The summed E-state index contributed by atoms with van der Waals surface area (Å²) in [6.07, 6.45) is 0.596. The van der Waals surface area contributed by atoms with Gasteiger partial charge in [-0.25, -0.2) is 0 Å². The monoisotopic (exact) mass is 569 g/mol. The maximum absolute atomic E-state index is 13.6. The van der Waals surface area contributed by atoms with E-state index in [1.165, 1.54) is 23.3 Å². The quantitative estimate of drug-likeness (QED) is 0.224. The molecule has 0 atom stereocenters. The lowest BCUT2D eigenvalue weighted by Gasteiger charge is -2.29. The molecule has 0 spiro atoms. The van der Waals surface area contributed by atoms with Crippen molar-refractivity contribution in [3.05, 3.63) is 125 Å². The Balaban J connectivity index is 1.41. The van der Waals surface area contributed by atoms with E-state index in [-0.39, 0.29) is 0 Å². The number of alkyl halides is 3. The summed E-state index contributed by atoms with van der Waals surface area (Å²) in [7, 11) is 2.15. The average molecular weight is 570 g/mol. The van der Waals surface area contributed by atoms with Crippen molar-refractivity contribution < 1.29 is 13.2 Å². The van der Waals surface area contributed by atoms with Crippen LogP contribution in [0.25, 0.3) is 28.0 Å². The summed E-state index contributed by atoms with van der Waals surface area (Å²) in [6, 6.07) is 28.1. The second-order valence-electron chi connectivity index (χ2n) is 11.5. The summed E-state index contributed by atoms with van der Waals surface area (Å²) in [5, 5.41) is 3.27. The molecule has 42 heavy (non-hydrogen) atoms. The van der Waals surface area contributed by atoms with Gasteiger partial charge in [0.15, 0.2) is 0 Å². The molecule has 4 aromatic rings. The third-order valence-corrected chi connectivity index (χ3v) is 8.16. The van der Waals surface area contributed by atoms with Gasteiger partial charge in [-0.1, -0.05) is 84.4 Å². The number of nitrogens with zero attached hydrogens (tertiary/aromatic N) is 1. The van der Waals surface area contributed by atoms with Crippen molar-refractivity contribution in [2.45, 2.75) is 38.9 Å². The smallest absolute Gasteiger partial charge is 0.397 e. The minimum absolute atomic E-state index is 0.564. The number of nitrogens with one attached hydrogen (secondary N) is 1. The Kier molecular flexibility index (Phi) is 9.03. The fourth-order valence-corrected chi connectivity index (χ4v) is 5.58. The van der Waals surface area contributed by atoms with E-state index in [4.69, 9.17) is 5.73 Å². The van der Waals surface area contributed by atoms with Crippen LogP contribution in [-0.2, 0) is 19.1 Å². The minimum atomic E-state index is -4.40. The molecule has 1 fully saturated rings. The maximum atomic E-state index is 13.6. The molecule has 0 aliphatic carbocycles. The molecule has 0 aromatic heterocycles. The van der Waals surface area contributed by atoms with Crippen LogP contribution < -0.4 is 11.1 Å². The molecule has 0 bridgehead atoms. The number of benzene rings is 4. The summed E-state index contributed by atoms with van der Waals surface area (Å²) in [5.41, 5.74) is 13.9. The molecule has 6 heteroatoms. The SMILES string of the molecule is Cc1ccc(CN/C=C(\N)c2ccc(-c3ccc(CC4CCN(C)CC4)cc3-c3cccc(C(F)(F)F)c3)cc2)cc1. The second-order valence-corrected chi connectivity index (χ2v) is 11.5. The first kappa shape index (κ1) is 29.5. The molecule has 1 saturated heterocycles. The molecule has 5 rings (SSSR count). The Morgan fingerprint density at radius 3 is 2.24 bits per heavy atom. The highest BCUT2D eigenvalue weighted by Gasteiger charge is 2.30. The number of likely N-dealkylation sites (tertiary alicyclic amines) is 1. The van der Waals surface area contributed by atoms with Gasteiger partial charge in [-0.3, -0.25) is 0 Å². The van der Waals surface area contributed by atoms with Gasteiger partial charge in [0.05, 0.1) is 11.3 Å². The van der Waals surface area contributed by atoms with E-state index in [0.29, 0.717) is 23.7 Å². The summed E-state index contributed by atoms with van der Waals surface area (Å²) in [5.74, 6) is 0.579. The number of nitrogens with two attached hydrogens (primary N) is 1. The zero-order valence-electron chi connectivity index (χ0n) is 24.2. The van der Waals surface area contributed by atoms with Gasteiger partial charge in [-0.2, -0.15) is 13.2 Å². The fraction of sp³-hybridized carbons (Fsp3) is 0.278. The molecule has 0 unspecified atom stereocenters. The van der Waals surface area contributed by atoms with Crippen molar-refractivity contribution in [2.75, 3.05) is 20.1 Å². The number of hydrogen-bond acceptors (Lipinski definition) is 3. The number of rotatable bonds is 8. The topological polar surface area (TPSA) is 41.3 Å². The molecule has 1 heterocycles. The van der Waals surface area contributed by atoms with Gasteiger partial charge in [0.2, 0.25) is 0 Å². The molecule has 4 aromatic carbocycles. The van der Waals surface area contributed by atoms with Crippen molar-refractivity contribution in [2.24, 2.45) is 11.7 Å². The van der Waals surface area contributed by atoms with Crippen LogP contribution >= 0.6 is 0 Å². The van der Waals surface area contributed by atoms with Gasteiger partial charge in [0.1, 0.15) is 0 Å². The van der Waals surface area contributed by atoms with E-state index in [2.05, 4.69) is 66.7 Å². The molecule has 0 saturated carbocycles. The van der Waals surface area contributed by atoms with Gasteiger partial charge in [-0.15, -0.1) is 0 Å². The van der Waals surface area contributed by atoms with E-state index in [0.717, 1.165) is 66.2 Å². The van der Waals surface area contributed by atoms with Crippen LogP contribution in [0.15, 0.2) is 97.2 Å². The summed E-state index contributed by atoms with van der Waals surface area (Å²) in [4.78, 5) is 2.35. The highest BCUT2D eigenvalue weighted by Crippen LogP contribution is 2.37. The standard InChI is InChI=1S/C36H38F3N3/c1-25-6-8-27(9-7-25)23-41-24-35(40)30-13-11-29(12-14-30)33-15-10-28(20-26-16-18-42(2)19-17-26)21-34(33)31-4-3-5-32(22-31)36(37,38)39/h3-15,21-22,24,26,41H,16-20,23,40H2,1-2H3/b35-24-. The Bertz CT molecular complexity index is 1510. The second kappa shape index (κ2) is 12.9. The number of piperidine rings is 1. The van der Waals surface area contributed by atoms with E-state index in [1.54, 1.807) is 12.3 Å². The average Bonchev–Trinajstić information content (AvgIpc) is 2.99. The number of aryl methyl sites for hydroxylation is 1. The molecule has 0 amide bonds. The number of hydrogen-bond donors (Lipinski definition) is 2. The van der Waals surface area contributed by atoms with Crippen LogP contribution in [0.3, 0.4) is 0 Å². The molecular weight excluding hydrogens is 531 g/mol. The Morgan fingerprint density at radius 1 is 0.857 bits per heavy atom. The fourth-order valence-electron chi connectivity index (χ4n) is 5.58. The van der Waals surface area contributed by atoms with Crippen LogP contribution in [-0.4, -0.2) is 25.0 Å². The van der Waals surface area contributed by atoms with Crippen molar-refractivity contribution in [3.8, 4) is 22.3 Å². The van der Waals surface area contributed by atoms with Crippen LogP contribution in [0.2, 0.25) is 0 Å². The van der Waals surface area contributed by atoms with Crippen LogP contribution in [0.4, 0.5) is 13.2 Å². The third-order valence-electron chi connectivity index (χ3n) is 8.16. The first-order chi connectivity index (χ1) is 20.2. The lowest BCUT2D eigenvalue weighted by atomic mass is 9.86. The van der Waals surface area contributed by atoms with Crippen molar-refractivity contribution >= 4 is 5.70 Å². The lowest BCUT2D eigenvalue weighted by Crippen LogP contribution is -2.30. The molecule has 0 radical (unpaired) electrons. The van der Waals surface area contributed by atoms with Gasteiger partial charge < -0.3 is 16.0 Å². The molecule has 1 aliphatic rings. The lowest BCUT2D eigenvalue weighted by molar-refractivity contribution is -0.137. The molecule has 218 valence electrons. The first-order valence-corrected chi connectivity index (χ1v) is 14.5. The first-order valence-electron chi connectivity index (χ1n) is 14.5. The number of halogens is 3. The Labute approximate surface area is 246 Å². The summed E-state index contributed by atoms with van der Waals surface area (Å²) in [6.45, 7) is 4.89. The molecule has 1 aliphatic heterocycles. The van der Waals surface area contributed by atoms with E-state index in [9.17, 15) is 13.2 Å². The predicted molar refractivity (Wildman–Crippen MR) is 166 cm³/mol. The van der Waals surface area contributed by atoms with Gasteiger partial charge >= 0.3 is 6.18 Å². The van der Waals surface area contributed by atoms with Crippen LogP contribution in [0.5, 0.6) is 0 Å². The van der Waals surface area contributed by atoms with Crippen molar-refractivity contribution in [3.63, 3.8) is 0 Å². The largest absolute Gasteiger partial charge is 0.416 e. The van der Waals surface area contributed by atoms with E-state index < -0.39 is 11.7 Å². The van der Waals surface area contributed by atoms with Gasteiger partial charge in [0.25, 0.3) is 0 Å². The predicted octanol–water partition coefficient (Wildman–Crippen LogP) is 8.28. The van der Waals surface area contributed by atoms with Crippen LogP contribution in [0, 0.1) is 12.8 Å². The van der Waals surface area contributed by atoms with Crippen molar-refractivity contribution in [1.29, 1.82) is 0 Å². The van der Waals surface area contributed by atoms with Crippen LogP contribution in [0.1, 0.15) is 40.7 Å². The molecule has 3 N–H and O–H groups in total. The highest BCUT2D eigenvalue weighted by molar-refractivity contribution is 5.84. The summed E-state index contributed by atoms with van der Waals surface area (Å²) < 4.78 is 40.9. The van der Waals surface area contributed by atoms with E-state index >= 15 is 0 Å². The van der Waals surface area contributed by atoms with Crippen molar-refractivity contribution in [1.82, 2.24) is 10.2 Å². The zero-order chi connectivity index (χ0) is 29.7. The minimum Gasteiger partial charge on any atom is -0.397 e. The molecule has 3 nitrogen and oxygen atoms in total. The third kappa shape index (κ3) is 7.42. The van der Waals surface area contributed by atoms with Gasteiger partial charge in [0, 0.05) is 12.7 Å². The zero-order valence-corrected chi connectivity index (χ0v) is 24.2. The summed E-state index contributed by atoms with van der Waals surface area (Å²) >= 11 is 0.